The first-order chi connectivity index (χ1) is 16.9. The van der Waals surface area contributed by atoms with Crippen LogP contribution in [-0.2, 0) is 20.8 Å². The highest BCUT2D eigenvalue weighted by Crippen LogP contribution is 2.38. The Labute approximate surface area is 203 Å². The maximum absolute atomic E-state index is 13.2. The fourth-order valence-electron chi connectivity index (χ4n) is 4.14. The molecular formula is C23H20F3N5O4S. The van der Waals surface area contributed by atoms with Crippen molar-refractivity contribution in [2.75, 3.05) is 11.1 Å². The fourth-order valence-corrected chi connectivity index (χ4v) is 5.17. The monoisotopic (exact) mass is 519 g/mol. The summed E-state index contributed by atoms with van der Waals surface area (Å²) in [5, 5.41) is 15.8. The molecule has 0 saturated heterocycles. The molecule has 1 aliphatic carbocycles. The Morgan fingerprint density at radius 1 is 1.22 bits per heavy atom. The maximum atomic E-state index is 13.2. The summed E-state index contributed by atoms with van der Waals surface area (Å²) in [5.74, 6) is -1.39. The molecule has 1 saturated carbocycles. The summed E-state index contributed by atoms with van der Waals surface area (Å²) in [5.41, 5.74) is -3.28. The summed E-state index contributed by atoms with van der Waals surface area (Å²) in [6, 6.07) is 5.73. The highest BCUT2D eigenvalue weighted by molar-refractivity contribution is 7.91. The lowest BCUT2D eigenvalue weighted by atomic mass is 9.87. The number of nitrogens with zero attached hydrogens (tertiary/aromatic N) is 4. The van der Waals surface area contributed by atoms with Crippen LogP contribution in [0.15, 0.2) is 46.3 Å². The van der Waals surface area contributed by atoms with Gasteiger partial charge in [0.05, 0.1) is 40.9 Å². The van der Waals surface area contributed by atoms with E-state index in [1.54, 1.807) is 0 Å². The minimum Gasteiger partial charge on any atom is -0.323 e. The molecule has 1 aliphatic rings. The third kappa shape index (κ3) is 4.44. The van der Waals surface area contributed by atoms with Crippen LogP contribution in [0.25, 0.3) is 16.6 Å². The number of sulfone groups is 1. The van der Waals surface area contributed by atoms with Crippen molar-refractivity contribution >= 4 is 32.2 Å². The van der Waals surface area contributed by atoms with Crippen LogP contribution in [0.5, 0.6) is 0 Å². The molecule has 2 aromatic heterocycles. The molecule has 1 aromatic carbocycles. The number of aromatic nitrogens is 3. The number of rotatable bonds is 5. The summed E-state index contributed by atoms with van der Waals surface area (Å²) in [6.45, 7) is 1.36. The van der Waals surface area contributed by atoms with Gasteiger partial charge in [0.2, 0.25) is 5.91 Å². The highest BCUT2D eigenvalue weighted by Gasteiger charge is 2.41. The molecule has 3 aromatic rings. The largest absolute Gasteiger partial charge is 0.416 e. The number of benzene rings is 1. The molecule has 4 rings (SSSR count). The van der Waals surface area contributed by atoms with Crippen LogP contribution >= 0.6 is 0 Å². The molecule has 0 spiro atoms. The molecule has 2 heterocycles. The number of amides is 1. The molecule has 1 N–H and O–H groups in total. The van der Waals surface area contributed by atoms with Gasteiger partial charge in [0, 0.05) is 5.39 Å². The van der Waals surface area contributed by atoms with E-state index in [0.717, 1.165) is 30.6 Å². The third-order valence-corrected chi connectivity index (χ3v) is 7.96. The van der Waals surface area contributed by atoms with Crippen molar-refractivity contribution in [2.24, 2.45) is 5.41 Å². The van der Waals surface area contributed by atoms with Gasteiger partial charge in [-0.3, -0.25) is 9.59 Å². The first kappa shape index (κ1) is 25.3. The van der Waals surface area contributed by atoms with E-state index < -0.39 is 49.2 Å². The van der Waals surface area contributed by atoms with E-state index in [1.807, 2.05) is 6.07 Å². The van der Waals surface area contributed by atoms with Crippen molar-refractivity contribution in [2.45, 2.75) is 43.7 Å². The van der Waals surface area contributed by atoms with Crippen LogP contribution < -0.4 is 10.9 Å². The predicted octanol–water partition coefficient (Wildman–Crippen LogP) is 3.62. The molecule has 13 heteroatoms. The zero-order chi connectivity index (χ0) is 26.3. The van der Waals surface area contributed by atoms with Gasteiger partial charge in [-0.2, -0.15) is 28.2 Å². The Bertz CT molecular complexity index is 1570. The van der Waals surface area contributed by atoms with E-state index in [-0.39, 0.29) is 22.2 Å². The molecule has 0 radical (unpaired) electrons. The average molecular weight is 520 g/mol. The van der Waals surface area contributed by atoms with Gasteiger partial charge in [-0.1, -0.05) is 25.8 Å². The number of pyridine rings is 1. The standard InChI is InChI=1S/C23H20F3N5O4S/c1-2-36(34,35)18-10-16(30-21(33)22(13-27)7-3-4-8-22)12-28-19(18)31-20(32)17-9-15(23(24,25)26)6-5-14(17)11-29-31/h5-6,9-12H,2-4,7-8H2,1H3,(H,30,33). The number of fused-ring (bicyclic) bond motifs is 1. The number of anilines is 1. The number of alkyl halides is 3. The van der Waals surface area contributed by atoms with Crippen LogP contribution in [0.3, 0.4) is 0 Å². The molecule has 0 unspecified atom stereocenters. The second-order valence-electron chi connectivity index (χ2n) is 8.47. The lowest BCUT2D eigenvalue weighted by Gasteiger charge is -2.19. The van der Waals surface area contributed by atoms with Crippen molar-refractivity contribution in [1.29, 1.82) is 5.26 Å². The minimum atomic E-state index is -4.69. The number of hydrogen-bond acceptors (Lipinski definition) is 7. The zero-order valence-electron chi connectivity index (χ0n) is 19.0. The molecular weight excluding hydrogens is 499 g/mol. The van der Waals surface area contributed by atoms with Gasteiger partial charge in [-0.15, -0.1) is 0 Å². The number of hydrogen-bond donors (Lipinski definition) is 1. The quantitative estimate of drug-likeness (QED) is 0.544. The normalized spacial score (nSPS) is 15.5. The van der Waals surface area contributed by atoms with Crippen LogP contribution in [0.1, 0.15) is 38.2 Å². The second-order valence-corrected chi connectivity index (χ2v) is 10.7. The molecule has 1 fully saturated rings. The van der Waals surface area contributed by atoms with Crippen LogP contribution in [-0.4, -0.2) is 34.8 Å². The molecule has 9 nitrogen and oxygen atoms in total. The Morgan fingerprint density at radius 2 is 1.92 bits per heavy atom. The van der Waals surface area contributed by atoms with Gasteiger partial charge in [-0.05, 0) is 31.0 Å². The average Bonchev–Trinajstić information content (AvgIpc) is 3.34. The minimum absolute atomic E-state index is 0.00880. The van der Waals surface area contributed by atoms with Gasteiger partial charge in [0.1, 0.15) is 10.3 Å². The summed E-state index contributed by atoms with van der Waals surface area (Å²) < 4.78 is 65.9. The van der Waals surface area contributed by atoms with Gasteiger partial charge in [0.15, 0.2) is 15.7 Å². The molecule has 0 aliphatic heterocycles. The SMILES string of the molecule is CCS(=O)(=O)c1cc(NC(=O)C2(C#N)CCCC2)cnc1-n1ncc2ccc(C(F)(F)F)cc2c1=O. The molecule has 36 heavy (non-hydrogen) atoms. The smallest absolute Gasteiger partial charge is 0.323 e. The summed E-state index contributed by atoms with van der Waals surface area (Å²) in [6.07, 6.45) is -0.293. The van der Waals surface area contributed by atoms with Crippen LogP contribution in [0.2, 0.25) is 0 Å². The summed E-state index contributed by atoms with van der Waals surface area (Å²) in [4.78, 5) is 29.5. The van der Waals surface area contributed by atoms with Gasteiger partial charge in [0.25, 0.3) is 5.56 Å². The number of halogens is 3. The van der Waals surface area contributed by atoms with Crippen LogP contribution in [0, 0.1) is 16.7 Å². The first-order valence-corrected chi connectivity index (χ1v) is 12.6. The van der Waals surface area contributed by atoms with E-state index in [4.69, 9.17) is 0 Å². The van der Waals surface area contributed by atoms with Crippen molar-refractivity contribution in [1.82, 2.24) is 14.8 Å². The Hall–Kier alpha value is -3.79. The Morgan fingerprint density at radius 3 is 2.53 bits per heavy atom. The number of carbonyl (C=O) groups is 1. The summed E-state index contributed by atoms with van der Waals surface area (Å²) in [7, 11) is -4.04. The number of nitrogens with one attached hydrogen (secondary N) is 1. The molecule has 0 atom stereocenters. The number of carbonyl (C=O) groups excluding carboxylic acids is 1. The van der Waals surface area contributed by atoms with E-state index in [9.17, 15) is 36.4 Å². The predicted molar refractivity (Wildman–Crippen MR) is 123 cm³/mol. The van der Waals surface area contributed by atoms with E-state index in [2.05, 4.69) is 15.4 Å². The van der Waals surface area contributed by atoms with Gasteiger partial charge >= 0.3 is 6.18 Å². The lowest BCUT2D eigenvalue weighted by Crippen LogP contribution is -2.32. The van der Waals surface area contributed by atoms with E-state index in [1.165, 1.54) is 6.92 Å². The van der Waals surface area contributed by atoms with Crippen LogP contribution in [0.4, 0.5) is 18.9 Å². The lowest BCUT2D eigenvalue weighted by molar-refractivity contribution is -0.137. The van der Waals surface area contributed by atoms with Crippen molar-refractivity contribution < 1.29 is 26.4 Å². The van der Waals surface area contributed by atoms with Crippen molar-refractivity contribution in [3.63, 3.8) is 0 Å². The van der Waals surface area contributed by atoms with E-state index in [0.29, 0.717) is 36.4 Å². The Kier molecular flexibility index (Phi) is 6.34. The zero-order valence-corrected chi connectivity index (χ0v) is 19.8. The van der Waals surface area contributed by atoms with Gasteiger partial charge in [-0.25, -0.2) is 13.4 Å². The van der Waals surface area contributed by atoms with Crippen molar-refractivity contribution in [3.05, 3.63) is 52.6 Å². The molecule has 1 amide bonds. The third-order valence-electron chi connectivity index (χ3n) is 6.23. The maximum Gasteiger partial charge on any atom is 0.416 e. The summed E-state index contributed by atoms with van der Waals surface area (Å²) >= 11 is 0. The number of nitriles is 1. The van der Waals surface area contributed by atoms with Gasteiger partial charge < -0.3 is 5.32 Å². The van der Waals surface area contributed by atoms with Crippen molar-refractivity contribution in [3.8, 4) is 11.9 Å². The second kappa shape index (κ2) is 9.02. The van der Waals surface area contributed by atoms with E-state index >= 15 is 0 Å². The highest BCUT2D eigenvalue weighted by atomic mass is 32.2. The first-order valence-electron chi connectivity index (χ1n) is 11.0. The molecule has 188 valence electrons. The fraction of sp³-hybridized carbons (Fsp3) is 0.348. The Balaban J connectivity index is 1.84. The molecule has 0 bridgehead atoms. The topological polar surface area (TPSA) is 135 Å².